The third kappa shape index (κ3) is 7.28. The highest BCUT2D eigenvalue weighted by atomic mass is 31.2. The summed E-state index contributed by atoms with van der Waals surface area (Å²) in [5.74, 6) is -2.11. The Bertz CT molecular complexity index is 1030. The zero-order valence-electron chi connectivity index (χ0n) is 17.3. The maximum Gasteiger partial charge on any atom is 0.408 e. The van der Waals surface area contributed by atoms with Crippen molar-refractivity contribution in [3.05, 3.63) is 75.6 Å². The molecule has 3 N–H and O–H groups in total. The molecule has 13 heteroatoms. The molecule has 11 nitrogen and oxygen atoms in total. The smallest absolute Gasteiger partial charge is 0.408 e. The van der Waals surface area contributed by atoms with Crippen molar-refractivity contribution in [1.29, 1.82) is 0 Å². The summed E-state index contributed by atoms with van der Waals surface area (Å²) in [4.78, 5) is 66.8. The summed E-state index contributed by atoms with van der Waals surface area (Å²) in [6, 6.07) is 9.46. The van der Waals surface area contributed by atoms with Crippen LogP contribution in [0.15, 0.2) is 48.5 Å². The number of alkyl carbamates (subject to hydrolysis) is 1. The van der Waals surface area contributed by atoms with Gasteiger partial charge in [-0.05, 0) is 17.7 Å². The van der Waals surface area contributed by atoms with E-state index in [1.807, 2.05) is 0 Å². The number of nitro groups is 1. The van der Waals surface area contributed by atoms with Crippen LogP contribution in [0.1, 0.15) is 22.3 Å². The second-order valence-electron chi connectivity index (χ2n) is 6.75. The summed E-state index contributed by atoms with van der Waals surface area (Å²) in [5.41, 5.74) is -2.04. The van der Waals surface area contributed by atoms with Crippen molar-refractivity contribution in [2.24, 2.45) is 0 Å². The number of nitro benzene ring substituents is 1. The van der Waals surface area contributed by atoms with E-state index in [2.05, 4.69) is 10.1 Å². The molecule has 0 radical (unpaired) electrons. The average molecular weight is 483 g/mol. The Hall–Kier alpha value is -3.47. The van der Waals surface area contributed by atoms with Crippen LogP contribution in [0.5, 0.6) is 0 Å². The molecule has 1 amide bonds. The minimum absolute atomic E-state index is 0.0840. The van der Waals surface area contributed by atoms with Gasteiger partial charge in [0.2, 0.25) is 5.82 Å². The fourth-order valence-corrected chi connectivity index (χ4v) is 4.08. The molecule has 2 rings (SSSR count). The first-order valence-corrected chi connectivity index (χ1v) is 11.3. The highest BCUT2D eigenvalue weighted by molar-refractivity contribution is 7.81. The molecule has 176 valence electrons. The molecular weight excluding hydrogens is 462 g/mol. The van der Waals surface area contributed by atoms with E-state index in [-0.39, 0.29) is 6.61 Å². The van der Waals surface area contributed by atoms with Crippen LogP contribution in [0.4, 0.5) is 14.9 Å². The fraction of sp³-hybridized carbons (Fsp3) is 0.250. The number of methoxy groups -OCH3 is 1. The van der Waals surface area contributed by atoms with Crippen LogP contribution in [0.3, 0.4) is 0 Å². The van der Waals surface area contributed by atoms with E-state index in [1.165, 1.54) is 0 Å². The zero-order chi connectivity index (χ0) is 24.6. The lowest BCUT2D eigenvalue weighted by Gasteiger charge is -2.17. The molecule has 0 bridgehead atoms. The van der Waals surface area contributed by atoms with E-state index >= 15 is 0 Å². The van der Waals surface area contributed by atoms with Gasteiger partial charge in [-0.25, -0.2) is 24.2 Å². The average Bonchev–Trinajstić information content (AvgIpc) is 2.80. The predicted molar refractivity (Wildman–Crippen MR) is 114 cm³/mol. The summed E-state index contributed by atoms with van der Waals surface area (Å²) in [6.07, 6.45) is -2.05. The number of carbonyl (C=O) groups is 3. The predicted octanol–water partition coefficient (Wildman–Crippen LogP) is 2.56. The number of benzene rings is 2. The number of esters is 1. The first-order chi connectivity index (χ1) is 15.5. The first-order valence-electron chi connectivity index (χ1n) is 9.42. The molecule has 0 aliphatic heterocycles. The number of carbonyl (C=O) groups excluding carboxylic acids is 3. The SMILES string of the molecule is COC(=O)[C@H](CC[P+](O)(O)C(=O)c1ccc(F)c([N+](=O)[O-])c1)NC(=O)OCc1ccccc1. The molecule has 33 heavy (non-hydrogen) atoms. The normalized spacial score (nSPS) is 11.9. The van der Waals surface area contributed by atoms with Gasteiger partial charge in [-0.2, -0.15) is 4.39 Å². The number of rotatable bonds is 10. The molecule has 0 aliphatic carbocycles. The Labute approximate surface area is 187 Å². The molecule has 1 atom stereocenters. The van der Waals surface area contributed by atoms with Gasteiger partial charge in [-0.1, -0.05) is 30.3 Å². The van der Waals surface area contributed by atoms with E-state index in [0.29, 0.717) is 17.7 Å². The largest absolute Gasteiger partial charge is 0.467 e. The van der Waals surface area contributed by atoms with Crippen LogP contribution in [0.2, 0.25) is 0 Å². The molecule has 2 aromatic rings. The third-order valence-corrected chi connectivity index (χ3v) is 6.23. The minimum Gasteiger partial charge on any atom is -0.467 e. The van der Waals surface area contributed by atoms with Gasteiger partial charge in [0.15, 0.2) is 0 Å². The quantitative estimate of drug-likeness (QED) is 0.199. The molecule has 0 saturated carbocycles. The van der Waals surface area contributed by atoms with Crippen molar-refractivity contribution >= 4 is 31.0 Å². The lowest BCUT2D eigenvalue weighted by Crippen LogP contribution is -2.42. The Kier molecular flexibility index (Phi) is 8.92. The molecule has 2 aromatic carbocycles. The van der Waals surface area contributed by atoms with Gasteiger partial charge in [0.25, 0.3) is 0 Å². The molecule has 0 spiro atoms. The van der Waals surface area contributed by atoms with Crippen molar-refractivity contribution in [2.45, 2.75) is 19.1 Å². The van der Waals surface area contributed by atoms with Crippen molar-refractivity contribution in [1.82, 2.24) is 5.32 Å². The summed E-state index contributed by atoms with van der Waals surface area (Å²) in [5, 5.41) is 13.1. The standard InChI is InChI=1S/C20H20FN2O9P/c1-31-18(24)16(22-20(26)32-12-13-5-3-2-4-6-13)9-10-33(29,30)19(25)14-7-8-15(21)17(11-14)23(27)28/h2-8,11,16,29-30H,9-10,12H2,1H3/p+1/t16-/m0/s1. The highest BCUT2D eigenvalue weighted by Gasteiger charge is 2.46. The van der Waals surface area contributed by atoms with Crippen molar-refractivity contribution in [3.63, 3.8) is 0 Å². The maximum atomic E-state index is 13.5. The van der Waals surface area contributed by atoms with Crippen LogP contribution in [0, 0.1) is 15.9 Å². The van der Waals surface area contributed by atoms with Crippen molar-refractivity contribution in [2.75, 3.05) is 13.3 Å². The number of nitrogens with one attached hydrogen (secondary N) is 1. The summed E-state index contributed by atoms with van der Waals surface area (Å²) in [6.45, 7) is -0.0840. The van der Waals surface area contributed by atoms with Gasteiger partial charge in [-0.3, -0.25) is 10.1 Å². The van der Waals surface area contributed by atoms with Gasteiger partial charge in [0.05, 0.1) is 17.6 Å². The van der Waals surface area contributed by atoms with Crippen LogP contribution in [0.25, 0.3) is 0 Å². The van der Waals surface area contributed by atoms with Gasteiger partial charge in [-0.15, -0.1) is 0 Å². The van der Waals surface area contributed by atoms with E-state index < -0.39 is 65.9 Å². The van der Waals surface area contributed by atoms with E-state index in [0.717, 1.165) is 13.2 Å². The molecule has 0 aliphatic rings. The molecule has 0 aromatic heterocycles. The highest BCUT2D eigenvalue weighted by Crippen LogP contribution is 2.53. The second-order valence-corrected chi connectivity index (χ2v) is 9.07. The van der Waals surface area contributed by atoms with Gasteiger partial charge < -0.3 is 14.8 Å². The van der Waals surface area contributed by atoms with Crippen LogP contribution < -0.4 is 5.32 Å². The van der Waals surface area contributed by atoms with Crippen molar-refractivity contribution < 1.29 is 43.0 Å². The molecule has 0 unspecified atom stereocenters. The molecule has 0 saturated heterocycles. The van der Waals surface area contributed by atoms with Crippen LogP contribution >= 0.6 is 7.72 Å². The number of ether oxygens (including phenoxy) is 2. The number of nitrogens with zero attached hydrogens (tertiary/aromatic N) is 1. The van der Waals surface area contributed by atoms with Gasteiger partial charge >= 0.3 is 31.0 Å². The topological polar surface area (TPSA) is 165 Å². The molecule has 0 fully saturated rings. The van der Waals surface area contributed by atoms with Crippen LogP contribution in [-0.4, -0.2) is 51.6 Å². The first kappa shape index (κ1) is 25.8. The Morgan fingerprint density at radius 3 is 2.45 bits per heavy atom. The summed E-state index contributed by atoms with van der Waals surface area (Å²) in [7, 11) is -3.36. The fourth-order valence-electron chi connectivity index (χ4n) is 2.70. The molecular formula is C20H21FN2O9P+. The molecule has 0 heterocycles. The minimum atomic E-state index is -4.42. The monoisotopic (exact) mass is 483 g/mol. The lowest BCUT2D eigenvalue weighted by molar-refractivity contribution is -0.387. The summed E-state index contributed by atoms with van der Waals surface area (Å²) < 4.78 is 23.1. The van der Waals surface area contributed by atoms with Crippen LogP contribution in [-0.2, 0) is 20.9 Å². The maximum absolute atomic E-state index is 13.5. The van der Waals surface area contributed by atoms with Crippen molar-refractivity contribution in [3.8, 4) is 0 Å². The number of hydrogen-bond acceptors (Lipinski definition) is 9. The number of amides is 1. The lowest BCUT2D eigenvalue weighted by atomic mass is 10.2. The number of hydrogen-bond donors (Lipinski definition) is 3. The van der Waals surface area contributed by atoms with E-state index in [1.54, 1.807) is 30.3 Å². The van der Waals surface area contributed by atoms with E-state index in [4.69, 9.17) is 4.74 Å². The third-order valence-electron chi connectivity index (χ3n) is 4.44. The van der Waals surface area contributed by atoms with E-state index in [9.17, 15) is 38.7 Å². The van der Waals surface area contributed by atoms with Gasteiger partial charge in [0.1, 0.15) is 18.8 Å². The Morgan fingerprint density at radius 1 is 1.18 bits per heavy atom. The second kappa shape index (κ2) is 11.4. The zero-order valence-corrected chi connectivity index (χ0v) is 18.2. The Balaban J connectivity index is 2.04. The Morgan fingerprint density at radius 2 is 1.85 bits per heavy atom. The number of halogens is 1. The van der Waals surface area contributed by atoms with Gasteiger partial charge in [0, 0.05) is 12.5 Å². The summed E-state index contributed by atoms with van der Waals surface area (Å²) >= 11 is 0.